The van der Waals surface area contributed by atoms with Crippen LogP contribution in [-0.4, -0.2) is 54.6 Å². The Labute approximate surface area is 144 Å². The van der Waals surface area contributed by atoms with Crippen LogP contribution in [0, 0.1) is 0 Å². The number of nitrogens with one attached hydrogen (secondary N) is 1. The van der Waals surface area contributed by atoms with Crippen molar-refractivity contribution in [3.05, 3.63) is 29.8 Å². The highest BCUT2D eigenvalue weighted by Gasteiger charge is 2.28. The van der Waals surface area contributed by atoms with Gasteiger partial charge in [-0.1, -0.05) is 12.1 Å². The molecule has 1 saturated heterocycles. The number of methoxy groups -OCH3 is 1. The summed E-state index contributed by atoms with van der Waals surface area (Å²) in [5.74, 6) is 3.12. The van der Waals surface area contributed by atoms with Gasteiger partial charge < -0.3 is 15.0 Å². The Morgan fingerprint density at radius 3 is 2.96 bits per heavy atom. The molecule has 0 unspecified atom stereocenters. The zero-order valence-electron chi connectivity index (χ0n) is 14.8. The molecule has 1 heterocycles. The van der Waals surface area contributed by atoms with Crippen LogP contribution in [0.15, 0.2) is 29.3 Å². The lowest BCUT2D eigenvalue weighted by molar-refractivity contribution is 0.376. The van der Waals surface area contributed by atoms with Gasteiger partial charge in [0.05, 0.1) is 7.11 Å². The van der Waals surface area contributed by atoms with Gasteiger partial charge >= 0.3 is 0 Å². The molecule has 4 nitrogen and oxygen atoms in total. The first-order chi connectivity index (χ1) is 11.0. The lowest BCUT2D eigenvalue weighted by Crippen LogP contribution is -2.51. The van der Waals surface area contributed by atoms with E-state index in [-0.39, 0.29) is 0 Å². The summed E-state index contributed by atoms with van der Waals surface area (Å²) >= 11 is 2.05. The van der Waals surface area contributed by atoms with Crippen molar-refractivity contribution in [3.8, 4) is 5.75 Å². The summed E-state index contributed by atoms with van der Waals surface area (Å²) in [7, 11) is 1.71. The SMILES string of the molecule is CCNC(=NCCc1cccc(OC)c1)N1CCSC(C)(C)C1. The zero-order valence-corrected chi connectivity index (χ0v) is 15.6. The fraction of sp³-hybridized carbons (Fsp3) is 0.611. The molecule has 0 spiro atoms. The maximum absolute atomic E-state index is 5.28. The van der Waals surface area contributed by atoms with Crippen molar-refractivity contribution >= 4 is 17.7 Å². The third kappa shape index (κ3) is 5.65. The van der Waals surface area contributed by atoms with Gasteiger partial charge in [0.15, 0.2) is 5.96 Å². The van der Waals surface area contributed by atoms with Gasteiger partial charge in [-0.2, -0.15) is 11.8 Å². The van der Waals surface area contributed by atoms with Gasteiger partial charge in [-0.05, 0) is 44.9 Å². The first kappa shape index (κ1) is 18.0. The van der Waals surface area contributed by atoms with E-state index >= 15 is 0 Å². The second kappa shape index (κ2) is 8.48. The standard InChI is InChI=1S/C18H29N3OS/c1-5-19-17(21-11-12-23-18(2,3)14-21)20-10-9-15-7-6-8-16(13-15)22-4/h6-8,13H,5,9-12,14H2,1-4H3,(H,19,20). The highest BCUT2D eigenvalue weighted by atomic mass is 32.2. The Morgan fingerprint density at radius 1 is 1.43 bits per heavy atom. The zero-order chi connectivity index (χ0) is 16.7. The largest absolute Gasteiger partial charge is 0.497 e. The van der Waals surface area contributed by atoms with Gasteiger partial charge in [0.2, 0.25) is 0 Å². The average Bonchev–Trinajstić information content (AvgIpc) is 2.53. The lowest BCUT2D eigenvalue weighted by atomic mass is 10.1. The van der Waals surface area contributed by atoms with Crippen LogP contribution in [-0.2, 0) is 6.42 Å². The number of aliphatic imine (C=N–C) groups is 1. The Balaban J connectivity index is 1.98. The van der Waals surface area contributed by atoms with E-state index in [1.54, 1.807) is 7.11 Å². The van der Waals surface area contributed by atoms with E-state index < -0.39 is 0 Å². The summed E-state index contributed by atoms with van der Waals surface area (Å²) in [6.07, 6.45) is 0.929. The highest BCUT2D eigenvalue weighted by Crippen LogP contribution is 2.29. The molecule has 1 N–H and O–H groups in total. The van der Waals surface area contributed by atoms with Crippen molar-refractivity contribution in [1.29, 1.82) is 0 Å². The Bertz CT molecular complexity index is 531. The van der Waals surface area contributed by atoms with Crippen LogP contribution in [0.4, 0.5) is 0 Å². The van der Waals surface area contributed by atoms with Crippen LogP contribution >= 0.6 is 11.8 Å². The van der Waals surface area contributed by atoms with Crippen molar-refractivity contribution < 1.29 is 4.74 Å². The first-order valence-corrected chi connectivity index (χ1v) is 9.33. The average molecular weight is 336 g/mol. The van der Waals surface area contributed by atoms with Gasteiger partial charge in [0, 0.05) is 36.7 Å². The smallest absolute Gasteiger partial charge is 0.193 e. The second-order valence-electron chi connectivity index (χ2n) is 6.37. The molecular weight excluding hydrogens is 306 g/mol. The van der Waals surface area contributed by atoms with Crippen molar-refractivity contribution in [3.63, 3.8) is 0 Å². The quantitative estimate of drug-likeness (QED) is 0.663. The van der Waals surface area contributed by atoms with Gasteiger partial charge in [-0.3, -0.25) is 4.99 Å². The summed E-state index contributed by atoms with van der Waals surface area (Å²) in [6.45, 7) is 10.6. The Morgan fingerprint density at radius 2 is 2.26 bits per heavy atom. The molecule has 0 radical (unpaired) electrons. The number of ether oxygens (including phenoxy) is 1. The molecule has 1 aromatic carbocycles. The first-order valence-electron chi connectivity index (χ1n) is 8.34. The van der Waals surface area contributed by atoms with Gasteiger partial charge in [0.25, 0.3) is 0 Å². The molecule has 0 aliphatic carbocycles. The van der Waals surface area contributed by atoms with Crippen molar-refractivity contribution in [2.75, 3.05) is 39.0 Å². The number of benzene rings is 1. The van der Waals surface area contributed by atoms with E-state index in [1.807, 2.05) is 23.9 Å². The number of thioether (sulfide) groups is 1. The van der Waals surface area contributed by atoms with Crippen molar-refractivity contribution in [2.24, 2.45) is 4.99 Å². The number of hydrogen-bond acceptors (Lipinski definition) is 3. The summed E-state index contributed by atoms with van der Waals surface area (Å²) in [5.41, 5.74) is 1.26. The van der Waals surface area contributed by atoms with Gasteiger partial charge in [-0.25, -0.2) is 0 Å². The normalized spacial score (nSPS) is 17.9. The van der Waals surface area contributed by atoms with Crippen LogP contribution in [0.1, 0.15) is 26.3 Å². The summed E-state index contributed by atoms with van der Waals surface area (Å²) in [5, 5.41) is 3.44. The molecule has 5 heteroatoms. The van der Waals surface area contributed by atoms with Crippen LogP contribution in [0.25, 0.3) is 0 Å². The highest BCUT2D eigenvalue weighted by molar-refractivity contribution is 8.00. The van der Waals surface area contributed by atoms with Gasteiger partial charge in [0.1, 0.15) is 5.75 Å². The molecule has 23 heavy (non-hydrogen) atoms. The topological polar surface area (TPSA) is 36.9 Å². The van der Waals surface area contributed by atoms with E-state index in [9.17, 15) is 0 Å². The minimum Gasteiger partial charge on any atom is -0.497 e. The summed E-state index contributed by atoms with van der Waals surface area (Å²) in [6, 6.07) is 8.23. The van der Waals surface area contributed by atoms with Crippen LogP contribution < -0.4 is 10.1 Å². The maximum Gasteiger partial charge on any atom is 0.193 e. The molecule has 1 aliphatic heterocycles. The van der Waals surface area contributed by atoms with Gasteiger partial charge in [-0.15, -0.1) is 0 Å². The fourth-order valence-electron chi connectivity index (χ4n) is 2.74. The van der Waals surface area contributed by atoms with E-state index in [4.69, 9.17) is 9.73 Å². The molecule has 0 amide bonds. The Hall–Kier alpha value is -1.36. The van der Waals surface area contributed by atoms with Crippen molar-refractivity contribution in [2.45, 2.75) is 31.9 Å². The fourth-order valence-corrected chi connectivity index (χ4v) is 3.85. The minimum absolute atomic E-state index is 0.293. The van der Waals surface area contributed by atoms with Crippen LogP contribution in [0.3, 0.4) is 0 Å². The summed E-state index contributed by atoms with van der Waals surface area (Å²) in [4.78, 5) is 7.23. The monoisotopic (exact) mass is 335 g/mol. The molecule has 1 aliphatic rings. The van der Waals surface area contributed by atoms with E-state index in [2.05, 4.69) is 43.1 Å². The predicted molar refractivity (Wildman–Crippen MR) is 101 cm³/mol. The molecule has 128 valence electrons. The molecule has 0 saturated carbocycles. The molecule has 1 aromatic rings. The molecule has 0 aromatic heterocycles. The van der Waals surface area contributed by atoms with Crippen LogP contribution in [0.2, 0.25) is 0 Å². The molecule has 2 rings (SSSR count). The second-order valence-corrected chi connectivity index (χ2v) is 8.17. The van der Waals surface area contributed by atoms with Crippen molar-refractivity contribution in [1.82, 2.24) is 10.2 Å². The third-order valence-corrected chi connectivity index (χ3v) is 5.15. The Kier molecular flexibility index (Phi) is 6.63. The summed E-state index contributed by atoms with van der Waals surface area (Å²) < 4.78 is 5.57. The third-order valence-electron chi connectivity index (χ3n) is 3.86. The predicted octanol–water partition coefficient (Wildman–Crippen LogP) is 3.03. The van der Waals surface area contributed by atoms with E-state index in [1.165, 1.54) is 5.56 Å². The number of guanidine groups is 1. The maximum atomic E-state index is 5.28. The molecule has 1 fully saturated rings. The number of nitrogens with zero attached hydrogens (tertiary/aromatic N) is 2. The van der Waals surface area contributed by atoms with E-state index in [0.29, 0.717) is 4.75 Å². The molecular formula is C18H29N3OS. The van der Waals surface area contributed by atoms with Crippen LogP contribution in [0.5, 0.6) is 5.75 Å². The molecule has 0 atom stereocenters. The van der Waals surface area contributed by atoms with E-state index in [0.717, 1.165) is 50.1 Å². The number of hydrogen-bond donors (Lipinski definition) is 1. The lowest BCUT2D eigenvalue weighted by Gasteiger charge is -2.39. The minimum atomic E-state index is 0.293. The number of rotatable bonds is 5. The molecule has 0 bridgehead atoms.